The first-order valence-corrected chi connectivity index (χ1v) is 18.4. The molecule has 2 heterocycles. The number of carbonyl (C=O) groups excluding carboxylic acids is 4. The van der Waals surface area contributed by atoms with Crippen LogP contribution in [0.4, 0.5) is 11.4 Å². The molecule has 0 bridgehead atoms. The maximum Gasteiger partial charge on any atom is 0.251 e. The second-order valence-electron chi connectivity index (χ2n) is 13.9. The molecule has 0 spiro atoms. The lowest BCUT2D eigenvalue weighted by atomic mass is 9.81. The van der Waals surface area contributed by atoms with Crippen molar-refractivity contribution in [2.75, 3.05) is 22.9 Å². The van der Waals surface area contributed by atoms with Crippen molar-refractivity contribution in [2.45, 2.75) is 83.4 Å². The number of aliphatic hydroxyl groups is 1. The van der Waals surface area contributed by atoms with Gasteiger partial charge in [0, 0.05) is 72.4 Å². The number of anilines is 2. The van der Waals surface area contributed by atoms with E-state index in [4.69, 9.17) is 0 Å². The maximum absolute atomic E-state index is 13.0. The van der Waals surface area contributed by atoms with Crippen molar-refractivity contribution in [1.29, 1.82) is 0 Å². The highest BCUT2D eigenvalue weighted by Gasteiger charge is 2.35. The monoisotopic (exact) mass is 700 g/mol. The normalized spacial score (nSPS) is 19.4. The fourth-order valence-corrected chi connectivity index (χ4v) is 7.79. The molecule has 0 saturated heterocycles. The van der Waals surface area contributed by atoms with Crippen LogP contribution in [0.15, 0.2) is 97.1 Å². The molecular formula is C43H48N4O5. The van der Waals surface area contributed by atoms with Gasteiger partial charge in [0.2, 0.25) is 11.8 Å². The summed E-state index contributed by atoms with van der Waals surface area (Å²) in [6.45, 7) is 7.87. The van der Waals surface area contributed by atoms with E-state index in [1.165, 1.54) is 0 Å². The fourth-order valence-electron chi connectivity index (χ4n) is 7.79. The van der Waals surface area contributed by atoms with Gasteiger partial charge in [0.25, 0.3) is 11.8 Å². The molecule has 270 valence electrons. The summed E-state index contributed by atoms with van der Waals surface area (Å²) in [7, 11) is 0. The molecule has 9 nitrogen and oxygen atoms in total. The van der Waals surface area contributed by atoms with Gasteiger partial charge in [0.05, 0.1) is 6.10 Å². The molecule has 2 aliphatic rings. The number of para-hydroxylation sites is 2. The number of nitrogens with one attached hydrogen (secondary N) is 2. The Hall–Kier alpha value is -5.28. The number of nitrogens with zero attached hydrogens (tertiary/aromatic N) is 2. The zero-order valence-electron chi connectivity index (χ0n) is 30.3. The molecule has 4 amide bonds. The number of amides is 4. The van der Waals surface area contributed by atoms with Crippen LogP contribution in [-0.4, -0.2) is 60.0 Å². The summed E-state index contributed by atoms with van der Waals surface area (Å²) in [6, 6.07) is 31.1. The molecule has 0 aliphatic carbocycles. The SMILES string of the molecule is CCC(=O)N1c2ccccc2[C@@H](c2ccc(C(=O)NCC(O)CNC(=O)c3ccc([C@H]4C[C@H](C)N(C(=O)CC)c5ccccc54)cc3)cc2)C[C@@H]1C. The minimum absolute atomic E-state index is 0.0224. The third kappa shape index (κ3) is 7.51. The molecule has 0 saturated carbocycles. The highest BCUT2D eigenvalue weighted by molar-refractivity contribution is 5.97. The Morgan fingerprint density at radius 3 is 1.35 bits per heavy atom. The molecule has 52 heavy (non-hydrogen) atoms. The van der Waals surface area contributed by atoms with Crippen molar-refractivity contribution >= 4 is 35.0 Å². The summed E-state index contributed by atoms with van der Waals surface area (Å²) >= 11 is 0. The lowest BCUT2D eigenvalue weighted by molar-refractivity contribution is -0.119. The molecule has 0 unspecified atom stereocenters. The number of fused-ring (bicyclic) bond motifs is 2. The largest absolute Gasteiger partial charge is 0.389 e. The van der Waals surface area contributed by atoms with Crippen LogP contribution < -0.4 is 20.4 Å². The summed E-state index contributed by atoms with van der Waals surface area (Å²) < 4.78 is 0. The molecule has 9 heteroatoms. The second kappa shape index (κ2) is 15.9. The highest BCUT2D eigenvalue weighted by atomic mass is 16.3. The Balaban J connectivity index is 1.01. The topological polar surface area (TPSA) is 119 Å². The molecule has 0 aromatic heterocycles. The van der Waals surface area contributed by atoms with Gasteiger partial charge in [0.1, 0.15) is 0 Å². The lowest BCUT2D eigenvalue weighted by Crippen LogP contribution is -2.43. The van der Waals surface area contributed by atoms with Crippen LogP contribution in [0.3, 0.4) is 0 Å². The Bertz CT molecular complexity index is 1790. The quantitative estimate of drug-likeness (QED) is 0.174. The zero-order valence-corrected chi connectivity index (χ0v) is 30.3. The van der Waals surface area contributed by atoms with Gasteiger partial charge in [-0.2, -0.15) is 0 Å². The van der Waals surface area contributed by atoms with Gasteiger partial charge in [-0.15, -0.1) is 0 Å². The first-order valence-electron chi connectivity index (χ1n) is 18.4. The Kier molecular flexibility index (Phi) is 11.2. The van der Waals surface area contributed by atoms with Crippen molar-refractivity contribution in [1.82, 2.24) is 10.6 Å². The van der Waals surface area contributed by atoms with Gasteiger partial charge in [-0.25, -0.2) is 0 Å². The number of benzene rings is 4. The van der Waals surface area contributed by atoms with E-state index in [1.807, 2.05) is 84.3 Å². The van der Waals surface area contributed by atoms with Crippen LogP contribution in [0.1, 0.15) is 108 Å². The number of hydrogen-bond donors (Lipinski definition) is 3. The molecule has 3 N–H and O–H groups in total. The minimum Gasteiger partial charge on any atom is -0.389 e. The number of carbonyl (C=O) groups is 4. The van der Waals surface area contributed by atoms with Crippen LogP contribution in [0, 0.1) is 0 Å². The molecule has 0 fully saturated rings. The van der Waals surface area contributed by atoms with E-state index in [-0.39, 0.29) is 60.6 Å². The summed E-state index contributed by atoms with van der Waals surface area (Å²) in [6.07, 6.45) is 1.48. The molecule has 6 rings (SSSR count). The van der Waals surface area contributed by atoms with Crippen LogP contribution in [0.25, 0.3) is 0 Å². The lowest BCUT2D eigenvalue weighted by Gasteiger charge is -2.39. The van der Waals surface area contributed by atoms with E-state index in [0.29, 0.717) is 24.0 Å². The maximum atomic E-state index is 13.0. The predicted molar refractivity (Wildman–Crippen MR) is 204 cm³/mol. The number of rotatable bonds is 10. The van der Waals surface area contributed by atoms with Crippen LogP contribution in [0.5, 0.6) is 0 Å². The predicted octanol–water partition coefficient (Wildman–Crippen LogP) is 6.54. The van der Waals surface area contributed by atoms with Gasteiger partial charge in [-0.3, -0.25) is 19.2 Å². The van der Waals surface area contributed by atoms with Crippen LogP contribution in [-0.2, 0) is 9.59 Å². The molecule has 2 aliphatic heterocycles. The van der Waals surface area contributed by atoms with E-state index in [1.54, 1.807) is 24.3 Å². The van der Waals surface area contributed by atoms with Crippen LogP contribution >= 0.6 is 0 Å². The Morgan fingerprint density at radius 2 is 0.981 bits per heavy atom. The summed E-state index contributed by atoms with van der Waals surface area (Å²) in [5, 5.41) is 16.1. The van der Waals surface area contributed by atoms with E-state index >= 15 is 0 Å². The third-order valence-electron chi connectivity index (χ3n) is 10.5. The van der Waals surface area contributed by atoms with Gasteiger partial charge in [-0.1, -0.05) is 74.5 Å². The van der Waals surface area contributed by atoms with Gasteiger partial charge in [-0.05, 0) is 85.3 Å². The summed E-state index contributed by atoms with van der Waals surface area (Å²) in [4.78, 5) is 55.1. The van der Waals surface area contributed by atoms with Crippen molar-refractivity contribution in [2.24, 2.45) is 0 Å². The number of aliphatic hydroxyl groups excluding tert-OH is 1. The molecule has 0 radical (unpaired) electrons. The molecule has 4 aromatic carbocycles. The van der Waals surface area contributed by atoms with Crippen molar-refractivity contribution < 1.29 is 24.3 Å². The smallest absolute Gasteiger partial charge is 0.251 e. The summed E-state index contributed by atoms with van der Waals surface area (Å²) in [5.74, 6) is -0.213. The van der Waals surface area contributed by atoms with Gasteiger partial charge < -0.3 is 25.5 Å². The summed E-state index contributed by atoms with van der Waals surface area (Å²) in [5.41, 5.74) is 7.17. The average molecular weight is 701 g/mol. The molecule has 4 atom stereocenters. The molecular weight excluding hydrogens is 652 g/mol. The minimum atomic E-state index is -0.977. The van der Waals surface area contributed by atoms with E-state index < -0.39 is 6.10 Å². The highest BCUT2D eigenvalue weighted by Crippen LogP contribution is 2.43. The van der Waals surface area contributed by atoms with Crippen molar-refractivity contribution in [3.8, 4) is 0 Å². The van der Waals surface area contributed by atoms with E-state index in [9.17, 15) is 24.3 Å². The van der Waals surface area contributed by atoms with E-state index in [0.717, 1.165) is 46.5 Å². The average Bonchev–Trinajstić information content (AvgIpc) is 3.18. The molecule has 4 aromatic rings. The third-order valence-corrected chi connectivity index (χ3v) is 10.5. The van der Waals surface area contributed by atoms with Crippen molar-refractivity contribution in [3.05, 3.63) is 130 Å². The van der Waals surface area contributed by atoms with Gasteiger partial charge in [0.15, 0.2) is 0 Å². The number of hydrogen-bond acceptors (Lipinski definition) is 5. The second-order valence-corrected chi connectivity index (χ2v) is 13.9. The van der Waals surface area contributed by atoms with Crippen molar-refractivity contribution in [3.63, 3.8) is 0 Å². The fraction of sp³-hybridized carbons (Fsp3) is 0.349. The first-order chi connectivity index (χ1) is 25.1. The first kappa shape index (κ1) is 36.5. The Labute approximate surface area is 306 Å². The van der Waals surface area contributed by atoms with E-state index in [2.05, 4.69) is 36.6 Å². The Morgan fingerprint density at radius 1 is 0.615 bits per heavy atom. The van der Waals surface area contributed by atoms with Gasteiger partial charge >= 0.3 is 0 Å². The van der Waals surface area contributed by atoms with Crippen LogP contribution in [0.2, 0.25) is 0 Å². The standard InChI is InChI=1S/C43H48N4O5/c1-5-40(49)46-27(3)23-36(34-11-7-9-13-38(34)46)29-15-19-31(20-16-29)42(51)44-25-33(48)26-45-43(52)32-21-17-30(18-22-32)37-24-28(4)47(41(50)6-2)39-14-10-8-12-35(37)39/h7-22,27-28,33,36-37,48H,5-6,23-26H2,1-4H3,(H,44,51)(H,45,52)/t27-,28-,36+,37+/m0/s1. The zero-order chi connectivity index (χ0) is 36.9.